The molecule has 1 atom stereocenters. The molecule has 88 valence electrons. The van der Waals surface area contributed by atoms with Crippen LogP contribution in [0.2, 0.25) is 0 Å². The van der Waals surface area contributed by atoms with Crippen molar-refractivity contribution in [3.8, 4) is 0 Å². The number of nitrogens with two attached hydrogens (primary N) is 1. The van der Waals surface area contributed by atoms with Gasteiger partial charge in [-0.15, -0.1) is 0 Å². The Balaban J connectivity index is 2.37. The molecule has 0 spiro atoms. The lowest BCUT2D eigenvalue weighted by Gasteiger charge is -2.34. The Labute approximate surface area is 98.4 Å². The molecule has 1 aromatic carbocycles. The van der Waals surface area contributed by atoms with Crippen LogP contribution >= 0.6 is 0 Å². The van der Waals surface area contributed by atoms with Crippen molar-refractivity contribution in [1.82, 2.24) is 0 Å². The quantitative estimate of drug-likeness (QED) is 0.826. The number of rotatable bonds is 2. The van der Waals surface area contributed by atoms with Crippen LogP contribution in [0.3, 0.4) is 0 Å². The summed E-state index contributed by atoms with van der Waals surface area (Å²) in [5, 5.41) is 0. The van der Waals surface area contributed by atoms with Crippen LogP contribution in [0.4, 0.5) is 5.69 Å². The van der Waals surface area contributed by atoms with E-state index in [1.807, 2.05) is 0 Å². The van der Waals surface area contributed by atoms with Gasteiger partial charge in [-0.2, -0.15) is 0 Å². The van der Waals surface area contributed by atoms with Gasteiger partial charge in [0.05, 0.1) is 0 Å². The second kappa shape index (κ2) is 4.10. The molecule has 0 bridgehead atoms. The second-order valence-electron chi connectivity index (χ2n) is 5.37. The Morgan fingerprint density at radius 3 is 2.62 bits per heavy atom. The Kier molecular flexibility index (Phi) is 2.94. The van der Waals surface area contributed by atoms with Crippen LogP contribution < -0.4 is 10.6 Å². The van der Waals surface area contributed by atoms with E-state index < -0.39 is 0 Å². The predicted octanol–water partition coefficient (Wildman–Crippen LogP) is 2.57. The molecule has 2 N–H and O–H groups in total. The first-order valence-electron chi connectivity index (χ1n) is 6.15. The maximum Gasteiger partial charge on any atom is 0.0403 e. The first kappa shape index (κ1) is 11.5. The minimum atomic E-state index is 0.185. The van der Waals surface area contributed by atoms with Crippen LogP contribution in [0.15, 0.2) is 24.3 Å². The Hall–Kier alpha value is -1.02. The lowest BCUT2D eigenvalue weighted by Crippen LogP contribution is -2.38. The van der Waals surface area contributed by atoms with Crippen LogP contribution in [-0.4, -0.2) is 18.1 Å². The molecule has 1 unspecified atom stereocenters. The summed E-state index contributed by atoms with van der Waals surface area (Å²) >= 11 is 0. The van der Waals surface area contributed by atoms with Gasteiger partial charge in [0.15, 0.2) is 0 Å². The molecule has 1 heterocycles. The molecule has 2 nitrogen and oxygen atoms in total. The van der Waals surface area contributed by atoms with E-state index in [-0.39, 0.29) is 5.54 Å². The topological polar surface area (TPSA) is 29.3 Å². The molecule has 1 aliphatic heterocycles. The first-order valence-corrected chi connectivity index (χ1v) is 6.15. The van der Waals surface area contributed by atoms with E-state index in [1.54, 1.807) is 0 Å². The number of hydrogen-bond acceptors (Lipinski definition) is 2. The molecule has 0 aliphatic carbocycles. The second-order valence-corrected chi connectivity index (χ2v) is 5.37. The fourth-order valence-corrected chi connectivity index (χ4v) is 2.80. The van der Waals surface area contributed by atoms with Crippen LogP contribution in [0.5, 0.6) is 0 Å². The molecular weight excluding hydrogens is 196 g/mol. The van der Waals surface area contributed by atoms with Gasteiger partial charge in [-0.25, -0.2) is 0 Å². The van der Waals surface area contributed by atoms with Gasteiger partial charge in [0, 0.05) is 23.8 Å². The zero-order valence-corrected chi connectivity index (χ0v) is 10.5. The van der Waals surface area contributed by atoms with Crippen LogP contribution in [-0.2, 0) is 6.42 Å². The maximum absolute atomic E-state index is 6.09. The molecule has 1 fully saturated rings. The van der Waals surface area contributed by atoms with Crippen LogP contribution in [0.25, 0.3) is 0 Å². The standard InChI is InChI=1S/C14H22N2/c1-4-11-7-5-6-8-13(11)16-10-12(15)9-14(16,2)3/h5-8,12H,4,9-10,15H2,1-3H3. The number of hydrogen-bond donors (Lipinski definition) is 1. The SMILES string of the molecule is CCc1ccccc1N1CC(N)CC1(C)C. The summed E-state index contributed by atoms with van der Waals surface area (Å²) < 4.78 is 0. The highest BCUT2D eigenvalue weighted by Gasteiger charge is 2.37. The van der Waals surface area contributed by atoms with Crippen molar-refractivity contribution in [3.63, 3.8) is 0 Å². The van der Waals surface area contributed by atoms with E-state index in [0.29, 0.717) is 6.04 Å². The van der Waals surface area contributed by atoms with E-state index in [4.69, 9.17) is 5.73 Å². The van der Waals surface area contributed by atoms with Crippen LogP contribution in [0.1, 0.15) is 32.8 Å². The smallest absolute Gasteiger partial charge is 0.0403 e. The zero-order chi connectivity index (χ0) is 11.8. The fraction of sp³-hybridized carbons (Fsp3) is 0.571. The zero-order valence-electron chi connectivity index (χ0n) is 10.5. The number of benzene rings is 1. The molecule has 1 aromatic rings. The third-order valence-electron chi connectivity index (χ3n) is 3.57. The summed E-state index contributed by atoms with van der Waals surface area (Å²) in [6, 6.07) is 8.98. The first-order chi connectivity index (χ1) is 7.54. The van der Waals surface area contributed by atoms with Gasteiger partial charge in [0.1, 0.15) is 0 Å². The maximum atomic E-state index is 6.09. The minimum Gasteiger partial charge on any atom is -0.365 e. The lowest BCUT2D eigenvalue weighted by atomic mass is 9.99. The summed E-state index contributed by atoms with van der Waals surface area (Å²) in [5.74, 6) is 0. The number of aryl methyl sites for hydroxylation is 1. The van der Waals surface area contributed by atoms with E-state index in [0.717, 1.165) is 19.4 Å². The number of nitrogens with zero attached hydrogens (tertiary/aromatic N) is 1. The molecule has 0 radical (unpaired) electrons. The van der Waals surface area contributed by atoms with Crippen LogP contribution in [0, 0.1) is 0 Å². The van der Waals surface area contributed by atoms with E-state index in [9.17, 15) is 0 Å². The monoisotopic (exact) mass is 218 g/mol. The van der Waals surface area contributed by atoms with Crippen molar-refractivity contribution in [3.05, 3.63) is 29.8 Å². The summed E-state index contributed by atoms with van der Waals surface area (Å²) in [5.41, 5.74) is 9.06. The number of anilines is 1. The summed E-state index contributed by atoms with van der Waals surface area (Å²) in [6.07, 6.45) is 2.16. The minimum absolute atomic E-state index is 0.185. The highest BCUT2D eigenvalue weighted by molar-refractivity contribution is 5.56. The Bertz CT molecular complexity index is 371. The Morgan fingerprint density at radius 1 is 1.38 bits per heavy atom. The molecule has 0 amide bonds. The van der Waals surface area contributed by atoms with Gasteiger partial charge in [-0.3, -0.25) is 0 Å². The summed E-state index contributed by atoms with van der Waals surface area (Å²) in [6.45, 7) is 7.75. The van der Waals surface area contributed by atoms with Gasteiger partial charge >= 0.3 is 0 Å². The van der Waals surface area contributed by atoms with Crippen molar-refractivity contribution in [2.45, 2.75) is 45.2 Å². The highest BCUT2D eigenvalue weighted by Crippen LogP contribution is 2.35. The average Bonchev–Trinajstić information content (AvgIpc) is 2.51. The van der Waals surface area contributed by atoms with Gasteiger partial charge in [0.25, 0.3) is 0 Å². The van der Waals surface area contributed by atoms with Gasteiger partial charge < -0.3 is 10.6 Å². The van der Waals surface area contributed by atoms with Crippen molar-refractivity contribution in [2.24, 2.45) is 5.73 Å². The third-order valence-corrected chi connectivity index (χ3v) is 3.57. The summed E-state index contributed by atoms with van der Waals surface area (Å²) in [7, 11) is 0. The van der Waals surface area contributed by atoms with Crippen molar-refractivity contribution >= 4 is 5.69 Å². The normalized spacial score (nSPS) is 23.8. The highest BCUT2D eigenvalue weighted by atomic mass is 15.2. The van der Waals surface area contributed by atoms with Gasteiger partial charge in [0.2, 0.25) is 0 Å². The predicted molar refractivity (Wildman–Crippen MR) is 69.8 cm³/mol. The summed E-state index contributed by atoms with van der Waals surface area (Å²) in [4.78, 5) is 2.47. The molecular formula is C14H22N2. The molecule has 2 rings (SSSR count). The average molecular weight is 218 g/mol. The fourth-order valence-electron chi connectivity index (χ4n) is 2.80. The van der Waals surface area contributed by atoms with Gasteiger partial charge in [-0.1, -0.05) is 25.1 Å². The lowest BCUT2D eigenvalue weighted by molar-refractivity contribution is 0.505. The number of para-hydroxylation sites is 1. The Morgan fingerprint density at radius 2 is 2.06 bits per heavy atom. The molecule has 0 aromatic heterocycles. The molecule has 1 aliphatic rings. The van der Waals surface area contributed by atoms with E-state index in [2.05, 4.69) is 49.9 Å². The van der Waals surface area contributed by atoms with Crippen molar-refractivity contribution < 1.29 is 0 Å². The molecule has 0 saturated carbocycles. The van der Waals surface area contributed by atoms with E-state index in [1.165, 1.54) is 11.3 Å². The molecule has 16 heavy (non-hydrogen) atoms. The molecule has 2 heteroatoms. The van der Waals surface area contributed by atoms with Crippen molar-refractivity contribution in [2.75, 3.05) is 11.4 Å². The third kappa shape index (κ3) is 1.94. The largest absolute Gasteiger partial charge is 0.365 e. The molecule has 1 saturated heterocycles. The van der Waals surface area contributed by atoms with E-state index >= 15 is 0 Å². The van der Waals surface area contributed by atoms with Gasteiger partial charge in [-0.05, 0) is 38.3 Å². The van der Waals surface area contributed by atoms with Crippen molar-refractivity contribution in [1.29, 1.82) is 0 Å².